The molecule has 2 nitrogen and oxygen atoms in total. The molecule has 2 aromatic rings. The second kappa shape index (κ2) is 6.54. The number of benzene rings is 2. The molecule has 0 aliphatic carbocycles. The van der Waals surface area contributed by atoms with Crippen molar-refractivity contribution in [1.29, 1.82) is 0 Å². The molecule has 1 atom stereocenters. The van der Waals surface area contributed by atoms with E-state index in [1.165, 1.54) is 0 Å². The first kappa shape index (κ1) is 15.9. The summed E-state index contributed by atoms with van der Waals surface area (Å²) in [5.41, 5.74) is 2.54. The molecule has 0 spiro atoms. The first-order valence-electron chi connectivity index (χ1n) is 6.44. The molecule has 2 rings (SSSR count). The summed E-state index contributed by atoms with van der Waals surface area (Å²) < 4.78 is 32.6. The van der Waals surface area contributed by atoms with Crippen LogP contribution < -0.4 is 10.1 Å². The summed E-state index contributed by atoms with van der Waals surface area (Å²) in [6, 6.07) is 8.14. The van der Waals surface area contributed by atoms with Gasteiger partial charge in [0.05, 0.1) is 17.6 Å². The van der Waals surface area contributed by atoms with Crippen molar-refractivity contribution in [2.24, 2.45) is 0 Å². The van der Waals surface area contributed by atoms with E-state index < -0.39 is 11.6 Å². The minimum atomic E-state index is -0.889. The lowest BCUT2D eigenvalue weighted by Gasteiger charge is -2.22. The summed E-state index contributed by atoms with van der Waals surface area (Å²) in [6.45, 7) is 1.97. The van der Waals surface area contributed by atoms with Gasteiger partial charge in [0, 0.05) is 5.56 Å². The smallest absolute Gasteiger partial charge is 0.173 e. The van der Waals surface area contributed by atoms with Crippen LogP contribution in [0.15, 0.2) is 34.8 Å². The Morgan fingerprint density at radius 3 is 2.48 bits per heavy atom. The van der Waals surface area contributed by atoms with Gasteiger partial charge in [-0.15, -0.1) is 0 Å². The third-order valence-electron chi connectivity index (χ3n) is 3.36. The molecule has 1 N–H and O–H groups in total. The van der Waals surface area contributed by atoms with Crippen LogP contribution in [0.25, 0.3) is 0 Å². The fourth-order valence-corrected chi connectivity index (χ4v) is 2.87. The van der Waals surface area contributed by atoms with Gasteiger partial charge < -0.3 is 10.1 Å². The van der Waals surface area contributed by atoms with Crippen molar-refractivity contribution >= 4 is 15.9 Å². The molecule has 21 heavy (non-hydrogen) atoms. The number of hydrogen-bond donors (Lipinski definition) is 1. The van der Waals surface area contributed by atoms with Crippen LogP contribution in [0.1, 0.15) is 22.7 Å². The lowest BCUT2D eigenvalue weighted by atomic mass is 9.96. The highest BCUT2D eigenvalue weighted by Crippen LogP contribution is 2.35. The second-order valence-electron chi connectivity index (χ2n) is 4.73. The number of ether oxygens (including phenoxy) is 1. The molecule has 0 saturated carbocycles. The van der Waals surface area contributed by atoms with E-state index in [2.05, 4.69) is 21.2 Å². The Kier molecular flexibility index (Phi) is 4.96. The van der Waals surface area contributed by atoms with E-state index in [0.717, 1.165) is 17.2 Å². The van der Waals surface area contributed by atoms with Gasteiger partial charge in [-0.1, -0.05) is 23.8 Å². The van der Waals surface area contributed by atoms with Crippen molar-refractivity contribution in [3.05, 3.63) is 63.1 Å². The molecular formula is C16H16BrF2NO. The first-order valence-corrected chi connectivity index (χ1v) is 7.24. The maximum atomic E-state index is 13.8. The largest absolute Gasteiger partial charge is 0.496 e. The van der Waals surface area contributed by atoms with Crippen molar-refractivity contribution in [2.45, 2.75) is 13.0 Å². The van der Waals surface area contributed by atoms with Gasteiger partial charge in [-0.05, 0) is 47.6 Å². The van der Waals surface area contributed by atoms with Gasteiger partial charge in [0.1, 0.15) is 5.75 Å². The van der Waals surface area contributed by atoms with Crippen molar-refractivity contribution in [2.75, 3.05) is 14.2 Å². The molecule has 112 valence electrons. The van der Waals surface area contributed by atoms with Gasteiger partial charge in [-0.2, -0.15) is 0 Å². The standard InChI is InChI=1S/C16H16BrF2NO/c1-9-4-7-13(21-3)11(8-9)16(20-2)10-5-6-12(18)15(19)14(10)17/h4-8,16,20H,1-3H3. The Morgan fingerprint density at radius 2 is 1.86 bits per heavy atom. The molecule has 5 heteroatoms. The van der Waals surface area contributed by atoms with Crippen LogP contribution in [0.3, 0.4) is 0 Å². The Hall–Kier alpha value is -1.46. The fraction of sp³-hybridized carbons (Fsp3) is 0.250. The number of hydrogen-bond acceptors (Lipinski definition) is 2. The Morgan fingerprint density at radius 1 is 1.14 bits per heavy atom. The SMILES string of the molecule is CNC(c1cc(C)ccc1OC)c1ccc(F)c(F)c1Br. The van der Waals surface area contributed by atoms with E-state index in [0.29, 0.717) is 11.3 Å². The number of methoxy groups -OCH3 is 1. The van der Waals surface area contributed by atoms with Crippen LogP contribution in [-0.2, 0) is 0 Å². The minimum Gasteiger partial charge on any atom is -0.496 e. The average Bonchev–Trinajstić information content (AvgIpc) is 2.48. The summed E-state index contributed by atoms with van der Waals surface area (Å²) in [5, 5.41) is 3.12. The van der Waals surface area contributed by atoms with E-state index in [1.54, 1.807) is 20.2 Å². The zero-order valence-electron chi connectivity index (χ0n) is 12.0. The van der Waals surface area contributed by atoms with E-state index >= 15 is 0 Å². The average molecular weight is 356 g/mol. The molecule has 0 fully saturated rings. The highest BCUT2D eigenvalue weighted by atomic mass is 79.9. The zero-order valence-corrected chi connectivity index (χ0v) is 13.6. The highest BCUT2D eigenvalue weighted by Gasteiger charge is 2.22. The van der Waals surface area contributed by atoms with Gasteiger partial charge >= 0.3 is 0 Å². The number of rotatable bonds is 4. The van der Waals surface area contributed by atoms with E-state index in [9.17, 15) is 8.78 Å². The van der Waals surface area contributed by atoms with Crippen LogP contribution in [0.5, 0.6) is 5.75 Å². The van der Waals surface area contributed by atoms with E-state index in [-0.39, 0.29) is 10.5 Å². The second-order valence-corrected chi connectivity index (χ2v) is 5.52. The molecule has 0 aromatic heterocycles. The maximum absolute atomic E-state index is 13.8. The molecule has 0 aliphatic rings. The van der Waals surface area contributed by atoms with Gasteiger partial charge in [0.25, 0.3) is 0 Å². The monoisotopic (exact) mass is 355 g/mol. The highest BCUT2D eigenvalue weighted by molar-refractivity contribution is 9.10. The Balaban J connectivity index is 2.60. The third kappa shape index (κ3) is 3.09. The summed E-state index contributed by atoms with van der Waals surface area (Å²) >= 11 is 3.14. The molecule has 0 amide bonds. The molecule has 0 radical (unpaired) electrons. The van der Waals surface area contributed by atoms with E-state index in [4.69, 9.17) is 4.74 Å². The topological polar surface area (TPSA) is 21.3 Å². The molecule has 0 saturated heterocycles. The third-order valence-corrected chi connectivity index (χ3v) is 4.17. The van der Waals surface area contributed by atoms with Gasteiger partial charge in [-0.25, -0.2) is 8.78 Å². The van der Waals surface area contributed by atoms with Crippen LogP contribution >= 0.6 is 15.9 Å². The minimum absolute atomic E-state index is 0.116. The summed E-state index contributed by atoms with van der Waals surface area (Å²) in [6.07, 6.45) is 0. The van der Waals surface area contributed by atoms with Crippen molar-refractivity contribution in [1.82, 2.24) is 5.32 Å². The number of aryl methyl sites for hydroxylation is 1. The van der Waals surface area contributed by atoms with Gasteiger partial charge in [0.2, 0.25) is 0 Å². The van der Waals surface area contributed by atoms with E-state index in [1.807, 2.05) is 25.1 Å². The molecular weight excluding hydrogens is 340 g/mol. The van der Waals surface area contributed by atoms with Crippen molar-refractivity contribution in [3.8, 4) is 5.75 Å². The van der Waals surface area contributed by atoms with Crippen LogP contribution in [-0.4, -0.2) is 14.2 Å². The van der Waals surface area contributed by atoms with Gasteiger partial charge in [-0.3, -0.25) is 0 Å². The fourth-order valence-electron chi connectivity index (χ4n) is 2.32. The molecule has 2 aromatic carbocycles. The zero-order chi connectivity index (χ0) is 15.6. The van der Waals surface area contributed by atoms with Crippen LogP contribution in [0, 0.1) is 18.6 Å². The first-order chi connectivity index (χ1) is 9.99. The molecule has 0 heterocycles. The van der Waals surface area contributed by atoms with Crippen LogP contribution in [0.2, 0.25) is 0 Å². The normalized spacial score (nSPS) is 12.3. The predicted molar refractivity (Wildman–Crippen MR) is 82.7 cm³/mol. The quantitative estimate of drug-likeness (QED) is 0.823. The summed E-state index contributed by atoms with van der Waals surface area (Å²) in [5.74, 6) is -1.08. The summed E-state index contributed by atoms with van der Waals surface area (Å²) in [7, 11) is 3.35. The molecule has 1 unspecified atom stereocenters. The lowest BCUT2D eigenvalue weighted by molar-refractivity contribution is 0.405. The summed E-state index contributed by atoms with van der Waals surface area (Å²) in [4.78, 5) is 0. The molecule has 0 aliphatic heterocycles. The Bertz CT molecular complexity index is 661. The van der Waals surface area contributed by atoms with Crippen molar-refractivity contribution < 1.29 is 13.5 Å². The number of nitrogens with one attached hydrogen (secondary N) is 1. The number of halogens is 3. The van der Waals surface area contributed by atoms with Crippen LogP contribution in [0.4, 0.5) is 8.78 Å². The lowest BCUT2D eigenvalue weighted by Crippen LogP contribution is -2.19. The van der Waals surface area contributed by atoms with Crippen molar-refractivity contribution in [3.63, 3.8) is 0 Å². The van der Waals surface area contributed by atoms with Gasteiger partial charge in [0.15, 0.2) is 11.6 Å². The Labute approximate surface area is 131 Å². The molecule has 0 bridgehead atoms. The maximum Gasteiger partial charge on any atom is 0.173 e. The predicted octanol–water partition coefficient (Wildman–Crippen LogP) is 4.35.